The Morgan fingerprint density at radius 3 is 1.86 bits per heavy atom. The SMILES string of the molecule is CCCN([C@@H]1CCN(S(=O)(=O)c2ccc(OC)c(OC)c2)C1)S(=O)(=O)c1ccc(OC)c(OC)c1. The van der Waals surface area contributed by atoms with E-state index in [0.717, 1.165) is 0 Å². The average Bonchev–Trinajstić information content (AvgIpc) is 3.36. The molecule has 1 aliphatic rings. The molecule has 0 bridgehead atoms. The van der Waals surface area contributed by atoms with Crippen LogP contribution in [0, 0.1) is 0 Å². The summed E-state index contributed by atoms with van der Waals surface area (Å²) in [6, 6.07) is 8.31. The number of sulfonamides is 2. The molecule has 0 aliphatic carbocycles. The van der Waals surface area contributed by atoms with E-state index in [-0.39, 0.29) is 29.4 Å². The fraction of sp³-hybridized carbons (Fsp3) is 0.478. The van der Waals surface area contributed by atoms with Crippen molar-refractivity contribution in [2.75, 3.05) is 48.1 Å². The molecule has 0 saturated carbocycles. The van der Waals surface area contributed by atoms with E-state index in [2.05, 4.69) is 0 Å². The van der Waals surface area contributed by atoms with E-state index in [1.165, 1.54) is 73.4 Å². The number of nitrogens with zero attached hydrogens (tertiary/aromatic N) is 2. The minimum absolute atomic E-state index is 0.0448. The maximum absolute atomic E-state index is 13.6. The summed E-state index contributed by atoms with van der Waals surface area (Å²) in [4.78, 5) is 0.116. The van der Waals surface area contributed by atoms with Crippen molar-refractivity contribution in [1.82, 2.24) is 8.61 Å². The van der Waals surface area contributed by atoms with Crippen molar-refractivity contribution in [3.8, 4) is 23.0 Å². The lowest BCUT2D eigenvalue weighted by Gasteiger charge is -2.28. The highest BCUT2D eigenvalue weighted by Gasteiger charge is 2.40. The molecule has 1 atom stereocenters. The predicted molar refractivity (Wildman–Crippen MR) is 130 cm³/mol. The van der Waals surface area contributed by atoms with Crippen molar-refractivity contribution >= 4 is 20.0 Å². The quantitative estimate of drug-likeness (QED) is 0.438. The number of rotatable bonds is 11. The lowest BCUT2D eigenvalue weighted by molar-refractivity contribution is 0.323. The molecular weight excluding hydrogens is 496 g/mol. The van der Waals surface area contributed by atoms with Crippen LogP contribution in [0.1, 0.15) is 19.8 Å². The highest BCUT2D eigenvalue weighted by Crippen LogP contribution is 2.34. The Bertz CT molecular complexity index is 1250. The van der Waals surface area contributed by atoms with E-state index < -0.39 is 26.1 Å². The Labute approximate surface area is 207 Å². The summed E-state index contributed by atoms with van der Waals surface area (Å²) in [6.45, 7) is 2.38. The van der Waals surface area contributed by atoms with Crippen LogP contribution in [-0.4, -0.2) is 79.6 Å². The van der Waals surface area contributed by atoms with Crippen LogP contribution in [0.4, 0.5) is 0 Å². The van der Waals surface area contributed by atoms with Crippen molar-refractivity contribution in [1.29, 1.82) is 0 Å². The summed E-state index contributed by atoms with van der Waals surface area (Å²) in [5.74, 6) is 1.43. The van der Waals surface area contributed by atoms with Crippen molar-refractivity contribution in [2.45, 2.75) is 35.6 Å². The molecule has 35 heavy (non-hydrogen) atoms. The van der Waals surface area contributed by atoms with Crippen LogP contribution in [0.5, 0.6) is 23.0 Å². The van der Waals surface area contributed by atoms with E-state index in [9.17, 15) is 16.8 Å². The van der Waals surface area contributed by atoms with Gasteiger partial charge in [0.05, 0.1) is 38.2 Å². The smallest absolute Gasteiger partial charge is 0.243 e. The van der Waals surface area contributed by atoms with Crippen LogP contribution in [0.25, 0.3) is 0 Å². The van der Waals surface area contributed by atoms with Crippen LogP contribution in [0.15, 0.2) is 46.2 Å². The van der Waals surface area contributed by atoms with Gasteiger partial charge in [0.25, 0.3) is 0 Å². The van der Waals surface area contributed by atoms with Gasteiger partial charge in [0.1, 0.15) is 0 Å². The Morgan fingerprint density at radius 1 is 0.829 bits per heavy atom. The molecule has 194 valence electrons. The summed E-state index contributed by atoms with van der Waals surface area (Å²) >= 11 is 0. The molecule has 1 heterocycles. The molecule has 0 amide bonds. The largest absolute Gasteiger partial charge is 0.493 e. The van der Waals surface area contributed by atoms with Crippen LogP contribution in [0.2, 0.25) is 0 Å². The molecule has 1 saturated heterocycles. The van der Waals surface area contributed by atoms with Gasteiger partial charge in [-0.05, 0) is 37.1 Å². The third-order valence-corrected chi connectivity index (χ3v) is 9.74. The van der Waals surface area contributed by atoms with Gasteiger partial charge in [0, 0.05) is 37.8 Å². The molecule has 12 heteroatoms. The second-order valence-electron chi connectivity index (χ2n) is 7.95. The third-order valence-electron chi connectivity index (χ3n) is 5.93. The molecule has 0 N–H and O–H groups in total. The molecule has 10 nitrogen and oxygen atoms in total. The van der Waals surface area contributed by atoms with E-state index in [1.807, 2.05) is 6.92 Å². The monoisotopic (exact) mass is 528 g/mol. The van der Waals surface area contributed by atoms with E-state index >= 15 is 0 Å². The Hall–Kier alpha value is -2.54. The Kier molecular flexibility index (Phi) is 8.52. The zero-order chi connectivity index (χ0) is 25.8. The molecule has 0 unspecified atom stereocenters. The molecule has 3 rings (SSSR count). The van der Waals surface area contributed by atoms with Crippen molar-refractivity contribution in [3.05, 3.63) is 36.4 Å². The van der Waals surface area contributed by atoms with E-state index in [0.29, 0.717) is 35.8 Å². The first kappa shape index (κ1) is 27.1. The van der Waals surface area contributed by atoms with E-state index in [4.69, 9.17) is 18.9 Å². The number of benzene rings is 2. The number of hydrogen-bond acceptors (Lipinski definition) is 8. The molecule has 2 aromatic rings. The molecule has 0 aromatic heterocycles. The molecule has 1 fully saturated rings. The normalized spacial score (nSPS) is 16.9. The summed E-state index contributed by atoms with van der Waals surface area (Å²) in [6.07, 6.45) is 0.949. The zero-order valence-corrected chi connectivity index (χ0v) is 22.2. The van der Waals surface area contributed by atoms with Crippen molar-refractivity contribution in [3.63, 3.8) is 0 Å². The highest BCUT2D eigenvalue weighted by atomic mass is 32.2. The average molecular weight is 529 g/mol. The summed E-state index contributed by atoms with van der Waals surface area (Å²) in [5, 5.41) is 0. The van der Waals surface area contributed by atoms with Gasteiger partial charge in [0.15, 0.2) is 23.0 Å². The number of methoxy groups -OCH3 is 4. The van der Waals surface area contributed by atoms with E-state index in [1.54, 1.807) is 0 Å². The van der Waals surface area contributed by atoms with Crippen molar-refractivity contribution < 1.29 is 35.8 Å². The van der Waals surface area contributed by atoms with Crippen LogP contribution >= 0.6 is 0 Å². The van der Waals surface area contributed by atoms with Gasteiger partial charge < -0.3 is 18.9 Å². The van der Waals surface area contributed by atoms with Crippen LogP contribution < -0.4 is 18.9 Å². The number of ether oxygens (including phenoxy) is 4. The maximum Gasteiger partial charge on any atom is 0.243 e. The third kappa shape index (κ3) is 5.35. The first-order valence-corrected chi connectivity index (χ1v) is 14.0. The Balaban J connectivity index is 1.89. The first-order valence-electron chi connectivity index (χ1n) is 11.1. The lowest BCUT2D eigenvalue weighted by atomic mass is 10.2. The molecule has 0 radical (unpaired) electrons. The van der Waals surface area contributed by atoms with Gasteiger partial charge in [-0.2, -0.15) is 8.61 Å². The molecule has 0 spiro atoms. The minimum Gasteiger partial charge on any atom is -0.493 e. The topological polar surface area (TPSA) is 112 Å². The molecule has 1 aliphatic heterocycles. The summed E-state index contributed by atoms with van der Waals surface area (Å²) in [7, 11) is -1.97. The zero-order valence-electron chi connectivity index (χ0n) is 20.6. The van der Waals surface area contributed by atoms with Gasteiger partial charge in [-0.25, -0.2) is 16.8 Å². The van der Waals surface area contributed by atoms with Gasteiger partial charge in [-0.3, -0.25) is 0 Å². The molecule has 2 aromatic carbocycles. The van der Waals surface area contributed by atoms with Gasteiger partial charge in [-0.1, -0.05) is 6.92 Å². The van der Waals surface area contributed by atoms with Crippen LogP contribution in [-0.2, 0) is 20.0 Å². The van der Waals surface area contributed by atoms with Crippen LogP contribution in [0.3, 0.4) is 0 Å². The fourth-order valence-electron chi connectivity index (χ4n) is 4.12. The maximum atomic E-state index is 13.6. The Morgan fingerprint density at radius 2 is 1.34 bits per heavy atom. The number of hydrogen-bond donors (Lipinski definition) is 0. The second-order valence-corrected chi connectivity index (χ2v) is 11.8. The lowest BCUT2D eigenvalue weighted by Crippen LogP contribution is -2.43. The van der Waals surface area contributed by atoms with Gasteiger partial charge in [-0.15, -0.1) is 0 Å². The van der Waals surface area contributed by atoms with Gasteiger partial charge in [0.2, 0.25) is 20.0 Å². The minimum atomic E-state index is -3.92. The first-order chi connectivity index (χ1) is 16.6. The highest BCUT2D eigenvalue weighted by molar-refractivity contribution is 7.89. The summed E-state index contributed by atoms with van der Waals surface area (Å²) in [5.41, 5.74) is 0. The van der Waals surface area contributed by atoms with Gasteiger partial charge >= 0.3 is 0 Å². The second kappa shape index (κ2) is 11.0. The molecular formula is C23H32N2O8S2. The van der Waals surface area contributed by atoms with Crippen molar-refractivity contribution in [2.24, 2.45) is 0 Å². The fourth-order valence-corrected chi connectivity index (χ4v) is 7.38. The standard InChI is InChI=1S/C23H32N2O8S2/c1-6-12-25(35(28,29)19-8-10-21(31-3)23(15-19)33-5)17-11-13-24(16-17)34(26,27)18-7-9-20(30-2)22(14-18)32-4/h7-10,14-15,17H,6,11-13,16H2,1-5H3/t17-/m1/s1. The summed E-state index contributed by atoms with van der Waals surface area (Å²) < 4.78 is 77.5. The predicted octanol–water partition coefficient (Wildman–Crippen LogP) is 2.58.